The van der Waals surface area contributed by atoms with Gasteiger partial charge in [0.1, 0.15) is 0 Å². The maximum absolute atomic E-state index is 11.7. The number of anilines is 1. The largest absolute Gasteiger partial charge is 0.479 e. The van der Waals surface area contributed by atoms with Crippen LogP contribution in [0.5, 0.6) is 0 Å². The molecule has 0 radical (unpaired) electrons. The molecule has 1 N–H and O–H groups in total. The summed E-state index contributed by atoms with van der Waals surface area (Å²) in [5.41, 5.74) is -0.964. The van der Waals surface area contributed by atoms with E-state index in [0.29, 0.717) is 31.9 Å². The number of piperidine rings is 1. The third kappa shape index (κ3) is 2.01. The van der Waals surface area contributed by atoms with E-state index in [-0.39, 0.29) is 0 Å². The molecule has 1 aliphatic rings. The van der Waals surface area contributed by atoms with Gasteiger partial charge in [-0.2, -0.15) is 5.10 Å². The second-order valence-corrected chi connectivity index (χ2v) is 4.82. The van der Waals surface area contributed by atoms with Crippen LogP contribution in [0.2, 0.25) is 0 Å². The van der Waals surface area contributed by atoms with Crippen molar-refractivity contribution in [3.63, 3.8) is 0 Å². The second-order valence-electron chi connectivity index (χ2n) is 4.82. The van der Waals surface area contributed by atoms with E-state index in [1.165, 1.54) is 0 Å². The molecule has 2 aromatic rings. The molecule has 1 aliphatic heterocycles. The van der Waals surface area contributed by atoms with Crippen molar-refractivity contribution in [2.24, 2.45) is 0 Å². The molecule has 7 heteroatoms. The van der Waals surface area contributed by atoms with Gasteiger partial charge in [-0.3, -0.25) is 4.68 Å². The molecule has 20 heavy (non-hydrogen) atoms. The summed E-state index contributed by atoms with van der Waals surface area (Å²) < 4.78 is 1.55. The van der Waals surface area contributed by atoms with Gasteiger partial charge in [0, 0.05) is 50.7 Å². The lowest BCUT2D eigenvalue weighted by Crippen LogP contribution is -2.51. The maximum atomic E-state index is 11.7. The third-order valence-corrected chi connectivity index (χ3v) is 3.77. The molecule has 0 spiro atoms. The van der Waals surface area contributed by atoms with Crippen molar-refractivity contribution in [2.75, 3.05) is 18.0 Å². The van der Waals surface area contributed by atoms with E-state index in [1.807, 2.05) is 4.90 Å². The second kappa shape index (κ2) is 4.92. The lowest BCUT2D eigenvalue weighted by molar-refractivity contribution is -0.149. The normalized spacial score (nSPS) is 17.9. The minimum absolute atomic E-state index is 0.474. The Morgan fingerprint density at radius 2 is 1.85 bits per heavy atom. The van der Waals surface area contributed by atoms with Gasteiger partial charge in [0.25, 0.3) is 0 Å². The van der Waals surface area contributed by atoms with E-state index in [4.69, 9.17) is 0 Å². The standard InChI is InChI=1S/C13H15N5O2/c19-11(20)13(18-8-2-7-16-18)3-9-17(10-4-13)12-14-5-1-6-15-12/h1-2,5-8H,3-4,9-10H2,(H,19,20). The zero-order valence-electron chi connectivity index (χ0n) is 10.9. The van der Waals surface area contributed by atoms with Crippen molar-refractivity contribution in [3.8, 4) is 0 Å². The highest BCUT2D eigenvalue weighted by Gasteiger charge is 2.44. The number of hydrogen-bond acceptors (Lipinski definition) is 5. The minimum Gasteiger partial charge on any atom is -0.479 e. The summed E-state index contributed by atoms with van der Waals surface area (Å²) in [6.45, 7) is 1.19. The molecule has 104 valence electrons. The van der Waals surface area contributed by atoms with Crippen molar-refractivity contribution in [3.05, 3.63) is 36.9 Å². The molecule has 0 aromatic carbocycles. The highest BCUT2D eigenvalue weighted by Crippen LogP contribution is 2.31. The highest BCUT2D eigenvalue weighted by atomic mass is 16.4. The van der Waals surface area contributed by atoms with Crippen LogP contribution in [0.25, 0.3) is 0 Å². The number of carboxylic acids is 1. The predicted octanol–water partition coefficient (Wildman–Crippen LogP) is 0.753. The van der Waals surface area contributed by atoms with E-state index in [9.17, 15) is 9.90 Å². The number of aliphatic carboxylic acids is 1. The Balaban J connectivity index is 1.81. The molecule has 7 nitrogen and oxygen atoms in total. The Kier molecular flexibility index (Phi) is 3.09. The van der Waals surface area contributed by atoms with Gasteiger partial charge in [-0.25, -0.2) is 14.8 Å². The first-order chi connectivity index (χ1) is 9.72. The molecule has 0 atom stereocenters. The molecule has 1 fully saturated rings. The fourth-order valence-corrected chi connectivity index (χ4v) is 2.59. The van der Waals surface area contributed by atoms with E-state index in [0.717, 1.165) is 0 Å². The van der Waals surface area contributed by atoms with Gasteiger partial charge >= 0.3 is 5.97 Å². The molecule has 1 saturated heterocycles. The third-order valence-electron chi connectivity index (χ3n) is 3.77. The first-order valence-corrected chi connectivity index (χ1v) is 6.48. The summed E-state index contributed by atoms with van der Waals surface area (Å²) in [5.74, 6) is -0.193. The van der Waals surface area contributed by atoms with Crippen LogP contribution >= 0.6 is 0 Å². The quantitative estimate of drug-likeness (QED) is 0.888. The van der Waals surface area contributed by atoms with Gasteiger partial charge < -0.3 is 10.0 Å². The smallest absolute Gasteiger partial charge is 0.331 e. The van der Waals surface area contributed by atoms with Crippen LogP contribution in [0.15, 0.2) is 36.9 Å². The monoisotopic (exact) mass is 273 g/mol. The molecule has 2 aromatic heterocycles. The number of carboxylic acid groups (broad SMARTS) is 1. The van der Waals surface area contributed by atoms with E-state index >= 15 is 0 Å². The van der Waals surface area contributed by atoms with Crippen LogP contribution in [0.4, 0.5) is 5.95 Å². The van der Waals surface area contributed by atoms with Crippen molar-refractivity contribution in [2.45, 2.75) is 18.4 Å². The van der Waals surface area contributed by atoms with Crippen molar-refractivity contribution in [1.82, 2.24) is 19.7 Å². The van der Waals surface area contributed by atoms with Crippen LogP contribution in [-0.4, -0.2) is 43.9 Å². The van der Waals surface area contributed by atoms with E-state index < -0.39 is 11.5 Å². The number of aromatic nitrogens is 4. The van der Waals surface area contributed by atoms with Gasteiger partial charge in [0.05, 0.1) is 0 Å². The Hall–Kier alpha value is -2.44. The van der Waals surface area contributed by atoms with Gasteiger partial charge in [0.2, 0.25) is 5.95 Å². The maximum Gasteiger partial charge on any atom is 0.331 e. The molecular weight excluding hydrogens is 258 g/mol. The molecule has 0 aliphatic carbocycles. The Morgan fingerprint density at radius 3 is 2.40 bits per heavy atom. The summed E-state index contributed by atoms with van der Waals surface area (Å²) in [6.07, 6.45) is 7.65. The van der Waals surface area contributed by atoms with Crippen molar-refractivity contribution in [1.29, 1.82) is 0 Å². The fourth-order valence-electron chi connectivity index (χ4n) is 2.59. The molecule has 0 saturated carbocycles. The van der Waals surface area contributed by atoms with Gasteiger partial charge in [-0.05, 0) is 12.1 Å². The average Bonchev–Trinajstić information content (AvgIpc) is 3.03. The molecule has 0 bridgehead atoms. The minimum atomic E-state index is -0.964. The summed E-state index contributed by atoms with van der Waals surface area (Å²) in [6, 6.07) is 3.51. The van der Waals surface area contributed by atoms with Crippen LogP contribution < -0.4 is 4.90 Å². The number of hydrogen-bond donors (Lipinski definition) is 1. The summed E-state index contributed by atoms with van der Waals surface area (Å²) >= 11 is 0. The summed E-state index contributed by atoms with van der Waals surface area (Å²) in [7, 11) is 0. The molecule has 0 unspecified atom stereocenters. The SMILES string of the molecule is O=C(O)C1(n2cccn2)CCN(c2ncccn2)CC1. The topological polar surface area (TPSA) is 84.1 Å². The van der Waals surface area contributed by atoms with Crippen LogP contribution in [-0.2, 0) is 10.3 Å². The van der Waals surface area contributed by atoms with Crippen LogP contribution in [0.1, 0.15) is 12.8 Å². The van der Waals surface area contributed by atoms with Crippen LogP contribution in [0, 0.1) is 0 Å². The first kappa shape index (κ1) is 12.6. The van der Waals surface area contributed by atoms with Gasteiger partial charge in [-0.1, -0.05) is 0 Å². The predicted molar refractivity (Wildman–Crippen MR) is 71.3 cm³/mol. The molecule has 0 amide bonds. The van der Waals surface area contributed by atoms with E-state index in [2.05, 4.69) is 15.1 Å². The Morgan fingerprint density at radius 1 is 1.15 bits per heavy atom. The average molecular weight is 273 g/mol. The fraction of sp³-hybridized carbons (Fsp3) is 0.385. The van der Waals surface area contributed by atoms with E-state index in [1.54, 1.807) is 41.6 Å². The van der Waals surface area contributed by atoms with Crippen molar-refractivity contribution >= 4 is 11.9 Å². The zero-order valence-corrected chi connectivity index (χ0v) is 10.9. The number of carbonyl (C=O) groups is 1. The zero-order chi connectivity index (χ0) is 14.0. The Bertz CT molecular complexity index is 576. The molecular formula is C13H15N5O2. The van der Waals surface area contributed by atoms with Crippen molar-refractivity contribution < 1.29 is 9.90 Å². The molecule has 3 rings (SSSR count). The van der Waals surface area contributed by atoms with Gasteiger partial charge in [0.15, 0.2) is 5.54 Å². The Labute approximate surface area is 115 Å². The highest BCUT2D eigenvalue weighted by molar-refractivity contribution is 5.77. The summed E-state index contributed by atoms with van der Waals surface area (Å²) in [4.78, 5) is 22.1. The summed E-state index contributed by atoms with van der Waals surface area (Å²) in [5, 5.41) is 13.7. The lowest BCUT2D eigenvalue weighted by Gasteiger charge is -2.38. The lowest BCUT2D eigenvalue weighted by atomic mass is 9.88. The van der Waals surface area contributed by atoms with Crippen LogP contribution in [0.3, 0.4) is 0 Å². The first-order valence-electron chi connectivity index (χ1n) is 6.48. The number of nitrogens with zero attached hydrogens (tertiary/aromatic N) is 5. The number of rotatable bonds is 3. The molecule has 3 heterocycles. The van der Waals surface area contributed by atoms with Gasteiger partial charge in [-0.15, -0.1) is 0 Å².